The summed E-state index contributed by atoms with van der Waals surface area (Å²) in [4.78, 5) is 1.28. The second-order valence-electron chi connectivity index (χ2n) is 6.00. The van der Waals surface area contributed by atoms with Gasteiger partial charge in [-0.3, -0.25) is 11.3 Å². The Morgan fingerprint density at radius 2 is 1.40 bits per heavy atom. The van der Waals surface area contributed by atoms with Crippen molar-refractivity contribution < 1.29 is 17.3 Å². The van der Waals surface area contributed by atoms with E-state index in [0.717, 1.165) is 17.3 Å². The van der Waals surface area contributed by atoms with Crippen molar-refractivity contribution in [1.82, 2.24) is 0 Å². The quantitative estimate of drug-likeness (QED) is 0.209. The van der Waals surface area contributed by atoms with Gasteiger partial charge in [0.1, 0.15) is 0 Å². The molecule has 0 N–H and O–H groups in total. The molecule has 0 spiro atoms. The number of hydrogen-bond donors (Lipinski definition) is 0. The normalized spacial score (nSPS) is 10.2. The second kappa shape index (κ2) is 11.6. The molecule has 3 rings (SSSR count). The molecule has 0 radical (unpaired) electrons. The fourth-order valence-electron chi connectivity index (χ4n) is 2.84. The van der Waals surface area contributed by atoms with Gasteiger partial charge in [0.25, 0.3) is 0 Å². The molecule has 2 aromatic carbocycles. The van der Waals surface area contributed by atoms with Crippen molar-refractivity contribution in [3.63, 3.8) is 0 Å². The molecule has 0 aliphatic carbocycles. The van der Waals surface area contributed by atoms with Crippen molar-refractivity contribution in [3.05, 3.63) is 71.6 Å². The van der Waals surface area contributed by atoms with Gasteiger partial charge in [-0.15, -0.1) is 10.3 Å². The van der Waals surface area contributed by atoms with Crippen molar-refractivity contribution in [2.45, 2.75) is 39.0 Å². The van der Waals surface area contributed by atoms with Crippen LogP contribution in [0.2, 0.25) is 0 Å². The molecule has 1 aromatic heterocycles. The van der Waals surface area contributed by atoms with Crippen molar-refractivity contribution in [1.29, 1.82) is 0 Å². The molecule has 0 atom stereocenters. The summed E-state index contributed by atoms with van der Waals surface area (Å²) in [6.07, 6.45) is 6.51. The molecule has 3 heteroatoms. The topological polar surface area (TPSA) is 0 Å². The average molecular weight is 420 g/mol. The minimum atomic E-state index is 0.847. The summed E-state index contributed by atoms with van der Waals surface area (Å²) < 4.78 is 0. The summed E-state index contributed by atoms with van der Waals surface area (Å²) in [6.45, 7) is 2.26. The fraction of sp³-hybridized carbons (Fsp3) is 0.273. The van der Waals surface area contributed by atoms with Crippen LogP contribution in [0.25, 0.3) is 21.6 Å². The third kappa shape index (κ3) is 6.37. The van der Waals surface area contributed by atoms with Gasteiger partial charge in [0.05, 0.1) is 0 Å². The third-order valence-electron chi connectivity index (χ3n) is 4.25. The minimum absolute atomic E-state index is 0.847. The summed E-state index contributed by atoms with van der Waals surface area (Å²) in [5.74, 6) is 0. The van der Waals surface area contributed by atoms with Crippen LogP contribution in [0.5, 0.6) is 0 Å². The van der Waals surface area contributed by atoms with Crippen molar-refractivity contribution in [2.24, 2.45) is 0 Å². The van der Waals surface area contributed by atoms with E-state index in [9.17, 15) is 0 Å². The van der Waals surface area contributed by atoms with E-state index in [1.54, 1.807) is 11.3 Å². The fourth-order valence-corrected chi connectivity index (χ4v) is 3.50. The zero-order valence-corrected chi connectivity index (χ0v) is 19.3. The molecule has 0 aliphatic heterocycles. The molecule has 126 valence electrons. The van der Waals surface area contributed by atoms with Crippen LogP contribution in [0.15, 0.2) is 60.7 Å². The number of hydrogen-bond acceptors (Lipinski definition) is 1. The van der Waals surface area contributed by atoms with Crippen LogP contribution >= 0.6 is 21.0 Å². The average Bonchev–Trinajstić information content (AvgIpc) is 3.22. The summed E-state index contributed by atoms with van der Waals surface area (Å²) in [5.41, 5.74) is 5.31. The monoisotopic (exact) mass is 418 g/mol. The van der Waals surface area contributed by atoms with Crippen molar-refractivity contribution in [3.8, 4) is 21.6 Å². The molecule has 0 nitrogen and oxygen atoms in total. The zero-order valence-electron chi connectivity index (χ0n) is 14.8. The molecule has 3 aromatic rings. The van der Waals surface area contributed by atoms with Crippen molar-refractivity contribution in [2.75, 3.05) is 0 Å². The van der Waals surface area contributed by atoms with Crippen molar-refractivity contribution >= 4 is 21.0 Å². The van der Waals surface area contributed by atoms with Crippen LogP contribution < -0.4 is 0 Å². The van der Waals surface area contributed by atoms with Gasteiger partial charge >= 0.3 is 27.0 Å². The zero-order chi connectivity index (χ0) is 17.9. The number of benzene rings is 2. The Morgan fingerprint density at radius 1 is 0.800 bits per heavy atom. The molecule has 0 aliphatic rings. The summed E-state index contributed by atoms with van der Waals surface area (Å²) in [7, 11) is 4.76. The Morgan fingerprint density at radius 3 is 1.96 bits per heavy atom. The first-order chi connectivity index (χ1) is 12.4. The van der Waals surface area contributed by atoms with Crippen LogP contribution in [0.3, 0.4) is 0 Å². The van der Waals surface area contributed by atoms with Gasteiger partial charge in [-0.05, 0) is 29.5 Å². The predicted octanol–water partition coefficient (Wildman–Crippen LogP) is 7.69. The first-order valence-electron chi connectivity index (χ1n) is 8.79. The maximum atomic E-state index is 4.76. The Hall–Kier alpha value is -0.947. The Bertz CT molecular complexity index is 703. The van der Waals surface area contributed by atoms with E-state index in [1.165, 1.54) is 59.2 Å². The molecule has 0 amide bonds. The first-order valence-corrected chi connectivity index (χ1v) is 13.5. The van der Waals surface area contributed by atoms with E-state index >= 15 is 0 Å². The number of rotatable bonds is 7. The Labute approximate surface area is 170 Å². The van der Waals surface area contributed by atoms with E-state index in [2.05, 4.69) is 66.9 Å². The van der Waals surface area contributed by atoms with E-state index in [0.29, 0.717) is 0 Å². The summed E-state index contributed by atoms with van der Waals surface area (Å²) in [5, 5.41) is 3.15. The standard InChI is InChI=1S/C22H23S.ClH.Zn/c1-2-3-4-5-7-18-9-11-19(12-10-18)20-13-15-21(16-14-20)22-8-6-17-23-22;;/h6,8-16H,2-5,7H2,1H3;1H;/q-1;;+2/p-1. The first kappa shape index (κ1) is 20.4. The third-order valence-corrected chi connectivity index (χ3v) is 5.09. The number of halogens is 1. The van der Waals surface area contributed by atoms with Gasteiger partial charge in [-0.25, -0.2) is 0 Å². The molecule has 0 bridgehead atoms. The van der Waals surface area contributed by atoms with Crippen LogP contribution in [-0.2, 0) is 23.7 Å². The van der Waals surface area contributed by atoms with E-state index < -0.39 is 0 Å². The SMILES string of the molecule is CCCCCCc1ccc(-c2ccc(-c3cc[c-]s3)cc2)cc1.[Cl][Zn+]. The van der Waals surface area contributed by atoms with Crippen LogP contribution in [-0.4, -0.2) is 0 Å². The van der Waals surface area contributed by atoms with Crippen LogP contribution in [0.4, 0.5) is 0 Å². The molecule has 0 fully saturated rings. The number of thiophene rings is 1. The van der Waals surface area contributed by atoms with Gasteiger partial charge in [-0.2, -0.15) is 12.1 Å². The molecule has 1 heterocycles. The van der Waals surface area contributed by atoms with Gasteiger partial charge in [0, 0.05) is 0 Å². The van der Waals surface area contributed by atoms with E-state index in [1.807, 2.05) is 6.07 Å². The molecule has 0 saturated heterocycles. The summed E-state index contributed by atoms with van der Waals surface area (Å²) >= 11 is 2.51. The molecule has 0 unspecified atom stereocenters. The van der Waals surface area contributed by atoms with Gasteiger partial charge in [0.2, 0.25) is 0 Å². The summed E-state index contributed by atoms with van der Waals surface area (Å²) in [6, 6.07) is 22.0. The Balaban J connectivity index is 0.00000109. The second-order valence-corrected chi connectivity index (χ2v) is 6.88. The molecular formula is C22H23ClSZn. The Kier molecular flexibility index (Phi) is 9.47. The van der Waals surface area contributed by atoms with Gasteiger partial charge in [-0.1, -0.05) is 80.3 Å². The van der Waals surface area contributed by atoms with Gasteiger partial charge < -0.3 is 0 Å². The molecule has 0 saturated carbocycles. The van der Waals surface area contributed by atoms with E-state index in [-0.39, 0.29) is 0 Å². The van der Waals surface area contributed by atoms with E-state index in [4.69, 9.17) is 9.69 Å². The molecular weight excluding hydrogens is 397 g/mol. The van der Waals surface area contributed by atoms with Crippen LogP contribution in [0, 0.1) is 5.38 Å². The van der Waals surface area contributed by atoms with Crippen LogP contribution in [0.1, 0.15) is 38.2 Å². The number of unbranched alkanes of at least 4 members (excludes halogenated alkanes) is 3. The predicted molar refractivity (Wildman–Crippen MR) is 108 cm³/mol. The number of aryl methyl sites for hydroxylation is 1. The maximum absolute atomic E-state index is 4.76. The van der Waals surface area contributed by atoms with Gasteiger partial charge in [0.15, 0.2) is 0 Å². The molecule has 25 heavy (non-hydrogen) atoms.